The Morgan fingerprint density at radius 3 is 2.85 bits per heavy atom. The van der Waals surface area contributed by atoms with E-state index >= 15 is 0 Å². The molecule has 1 aromatic rings. The fraction of sp³-hybridized carbons (Fsp3) is 0.615. The molecule has 2 rings (SSSR count). The molecule has 0 saturated carbocycles. The molecule has 7 heteroatoms. The van der Waals surface area contributed by atoms with Crippen molar-refractivity contribution in [3.63, 3.8) is 0 Å². The smallest absolute Gasteiger partial charge is 0.244 e. The minimum atomic E-state index is -3.43. The van der Waals surface area contributed by atoms with Gasteiger partial charge in [-0.2, -0.15) is 16.1 Å². The number of rotatable bonds is 6. The van der Waals surface area contributed by atoms with Crippen molar-refractivity contribution in [1.82, 2.24) is 9.29 Å². The maximum Gasteiger partial charge on any atom is 0.244 e. The lowest BCUT2D eigenvalue weighted by molar-refractivity contribution is 0.394. The molecule has 0 aliphatic carbocycles. The maximum atomic E-state index is 12.5. The molecule has 0 amide bonds. The highest BCUT2D eigenvalue weighted by Crippen LogP contribution is 2.26. The van der Waals surface area contributed by atoms with E-state index in [0.29, 0.717) is 5.82 Å². The zero-order valence-corrected chi connectivity index (χ0v) is 13.5. The Morgan fingerprint density at radius 2 is 2.30 bits per heavy atom. The summed E-state index contributed by atoms with van der Waals surface area (Å²) in [5.74, 6) is 2.62. The molecule has 0 radical (unpaired) electrons. The molecule has 1 N–H and O–H groups in total. The molecule has 1 unspecified atom stereocenters. The zero-order valence-electron chi connectivity index (χ0n) is 11.9. The molecule has 0 aromatic carbocycles. The molecule has 20 heavy (non-hydrogen) atoms. The van der Waals surface area contributed by atoms with Crippen molar-refractivity contribution in [3.05, 3.63) is 18.3 Å². The van der Waals surface area contributed by atoms with Gasteiger partial charge in [-0.25, -0.2) is 13.4 Å². The molecule has 1 saturated heterocycles. The highest BCUT2D eigenvalue weighted by molar-refractivity contribution is 7.99. The van der Waals surface area contributed by atoms with Gasteiger partial charge in [0, 0.05) is 31.6 Å². The maximum absolute atomic E-state index is 12.5. The lowest BCUT2D eigenvalue weighted by atomic mass is 10.3. The normalized spacial score (nSPS) is 19.4. The van der Waals surface area contributed by atoms with Gasteiger partial charge in [0.15, 0.2) is 0 Å². The van der Waals surface area contributed by atoms with Gasteiger partial charge in [-0.3, -0.25) is 0 Å². The Morgan fingerprint density at radius 1 is 1.50 bits per heavy atom. The minimum absolute atomic E-state index is 0.0999. The molecule has 112 valence electrons. The lowest BCUT2D eigenvalue weighted by Crippen LogP contribution is -2.37. The number of pyridine rings is 1. The van der Waals surface area contributed by atoms with Crippen LogP contribution in [0.15, 0.2) is 23.2 Å². The number of sulfonamides is 1. The van der Waals surface area contributed by atoms with Crippen LogP contribution in [-0.4, -0.2) is 48.8 Å². The first-order chi connectivity index (χ1) is 9.55. The summed E-state index contributed by atoms with van der Waals surface area (Å²) in [6, 6.07) is 3.45. The molecule has 1 aliphatic heterocycles. The number of hydrogen-bond donors (Lipinski definition) is 1. The van der Waals surface area contributed by atoms with Gasteiger partial charge in [0.1, 0.15) is 10.7 Å². The standard InChI is InChI=1S/C13H21N3O2S2/c1-3-7-14-13-5-4-12(9-15-13)20(17,18)16(2)11-6-8-19-10-11/h4-5,9,11H,3,6-8,10H2,1-2H3,(H,14,15). The summed E-state index contributed by atoms with van der Waals surface area (Å²) >= 11 is 1.80. The summed E-state index contributed by atoms with van der Waals surface area (Å²) in [7, 11) is -1.77. The number of aromatic nitrogens is 1. The monoisotopic (exact) mass is 315 g/mol. The Balaban J connectivity index is 2.12. The number of nitrogens with one attached hydrogen (secondary N) is 1. The molecule has 2 heterocycles. The first kappa shape index (κ1) is 15.6. The van der Waals surface area contributed by atoms with Crippen molar-refractivity contribution in [1.29, 1.82) is 0 Å². The number of nitrogens with zero attached hydrogens (tertiary/aromatic N) is 2. The van der Waals surface area contributed by atoms with Gasteiger partial charge < -0.3 is 5.32 Å². The Labute approximate surface area is 125 Å². The second kappa shape index (κ2) is 6.78. The van der Waals surface area contributed by atoms with E-state index in [4.69, 9.17) is 0 Å². The van der Waals surface area contributed by atoms with E-state index in [-0.39, 0.29) is 10.9 Å². The first-order valence-electron chi connectivity index (χ1n) is 6.81. The van der Waals surface area contributed by atoms with Crippen LogP contribution in [0.3, 0.4) is 0 Å². The van der Waals surface area contributed by atoms with Gasteiger partial charge >= 0.3 is 0 Å². The van der Waals surface area contributed by atoms with Crippen LogP contribution < -0.4 is 5.32 Å². The minimum Gasteiger partial charge on any atom is -0.370 e. The Kier molecular flexibility index (Phi) is 5.29. The third-order valence-electron chi connectivity index (χ3n) is 3.39. The topological polar surface area (TPSA) is 62.3 Å². The second-order valence-electron chi connectivity index (χ2n) is 4.84. The first-order valence-corrected chi connectivity index (χ1v) is 9.41. The van der Waals surface area contributed by atoms with Crippen molar-refractivity contribution < 1.29 is 8.42 Å². The summed E-state index contributed by atoms with van der Waals surface area (Å²) in [5.41, 5.74) is 0. The van der Waals surface area contributed by atoms with Crippen LogP contribution in [0.1, 0.15) is 19.8 Å². The second-order valence-corrected chi connectivity index (χ2v) is 7.99. The van der Waals surface area contributed by atoms with E-state index in [1.165, 1.54) is 10.5 Å². The van der Waals surface area contributed by atoms with E-state index in [2.05, 4.69) is 17.2 Å². The number of hydrogen-bond acceptors (Lipinski definition) is 5. The molecule has 1 fully saturated rings. The molecular formula is C13H21N3O2S2. The van der Waals surface area contributed by atoms with Crippen molar-refractivity contribution in [2.24, 2.45) is 0 Å². The predicted molar refractivity (Wildman–Crippen MR) is 83.7 cm³/mol. The average Bonchev–Trinajstić information content (AvgIpc) is 2.98. The number of anilines is 1. The van der Waals surface area contributed by atoms with Crippen LogP contribution in [0, 0.1) is 0 Å². The van der Waals surface area contributed by atoms with E-state index in [1.807, 2.05) is 0 Å². The highest BCUT2D eigenvalue weighted by Gasteiger charge is 2.30. The molecule has 1 aliphatic rings. The van der Waals surface area contributed by atoms with Gasteiger partial charge in [-0.1, -0.05) is 6.92 Å². The summed E-state index contributed by atoms with van der Waals surface area (Å²) in [6.07, 6.45) is 3.36. The average molecular weight is 315 g/mol. The highest BCUT2D eigenvalue weighted by atomic mass is 32.2. The van der Waals surface area contributed by atoms with E-state index in [1.54, 1.807) is 30.9 Å². The zero-order chi connectivity index (χ0) is 14.6. The van der Waals surface area contributed by atoms with E-state index in [9.17, 15) is 8.42 Å². The quantitative estimate of drug-likeness (QED) is 0.870. The predicted octanol–water partition coefficient (Wildman–Crippen LogP) is 2.03. The molecule has 0 bridgehead atoms. The van der Waals surface area contributed by atoms with Crippen LogP contribution in [0.2, 0.25) is 0 Å². The van der Waals surface area contributed by atoms with Gasteiger partial charge in [-0.05, 0) is 30.7 Å². The van der Waals surface area contributed by atoms with E-state index in [0.717, 1.165) is 30.9 Å². The van der Waals surface area contributed by atoms with Crippen LogP contribution in [0.25, 0.3) is 0 Å². The summed E-state index contributed by atoms with van der Waals surface area (Å²) in [5, 5.41) is 3.13. The van der Waals surface area contributed by atoms with Gasteiger partial charge in [0.05, 0.1) is 0 Å². The molecule has 1 aromatic heterocycles. The van der Waals surface area contributed by atoms with Crippen molar-refractivity contribution >= 4 is 27.6 Å². The third kappa shape index (κ3) is 3.45. The van der Waals surface area contributed by atoms with Gasteiger partial charge in [0.2, 0.25) is 10.0 Å². The summed E-state index contributed by atoms with van der Waals surface area (Å²) < 4.78 is 26.5. The molecule has 1 atom stereocenters. The third-order valence-corrected chi connectivity index (χ3v) is 6.43. The van der Waals surface area contributed by atoms with Crippen molar-refractivity contribution in [3.8, 4) is 0 Å². The Bertz CT molecular complexity index is 525. The summed E-state index contributed by atoms with van der Waals surface area (Å²) in [6.45, 7) is 2.90. The van der Waals surface area contributed by atoms with Gasteiger partial charge in [0.25, 0.3) is 0 Å². The molecule has 5 nitrogen and oxygen atoms in total. The van der Waals surface area contributed by atoms with Crippen LogP contribution >= 0.6 is 11.8 Å². The SMILES string of the molecule is CCCNc1ccc(S(=O)(=O)N(C)C2CCSC2)cn1. The van der Waals surface area contributed by atoms with E-state index < -0.39 is 10.0 Å². The van der Waals surface area contributed by atoms with Crippen LogP contribution in [-0.2, 0) is 10.0 Å². The van der Waals surface area contributed by atoms with Crippen LogP contribution in [0.4, 0.5) is 5.82 Å². The van der Waals surface area contributed by atoms with Crippen molar-refractivity contribution in [2.45, 2.75) is 30.7 Å². The molecule has 0 spiro atoms. The fourth-order valence-corrected chi connectivity index (χ4v) is 4.75. The Hall–Kier alpha value is -0.790. The fourth-order valence-electron chi connectivity index (χ4n) is 2.06. The van der Waals surface area contributed by atoms with Crippen molar-refractivity contribution in [2.75, 3.05) is 30.4 Å². The van der Waals surface area contributed by atoms with Crippen LogP contribution in [0.5, 0.6) is 0 Å². The summed E-state index contributed by atoms with van der Waals surface area (Å²) in [4.78, 5) is 4.43. The largest absolute Gasteiger partial charge is 0.370 e. The van der Waals surface area contributed by atoms with Gasteiger partial charge in [-0.15, -0.1) is 0 Å². The lowest BCUT2D eigenvalue weighted by Gasteiger charge is -2.23. The molecular weight excluding hydrogens is 294 g/mol. The number of thioether (sulfide) groups is 1.